The van der Waals surface area contributed by atoms with Crippen molar-refractivity contribution < 1.29 is 4.42 Å². The summed E-state index contributed by atoms with van der Waals surface area (Å²) in [7, 11) is 0. The summed E-state index contributed by atoms with van der Waals surface area (Å²) in [4.78, 5) is 2.47. The quantitative estimate of drug-likeness (QED) is 0.159. The van der Waals surface area contributed by atoms with E-state index in [-0.39, 0.29) is 5.41 Å². The van der Waals surface area contributed by atoms with Crippen molar-refractivity contribution in [2.75, 3.05) is 4.90 Å². The fourth-order valence-electron chi connectivity index (χ4n) is 10.4. The average molecular weight is 808 g/mol. The number of nitrogens with zero attached hydrogens (tertiary/aromatic N) is 1. The minimum atomic E-state index is -0.140. The van der Waals surface area contributed by atoms with Gasteiger partial charge in [0, 0.05) is 39.7 Å². The first-order valence-corrected chi connectivity index (χ1v) is 22.1. The summed E-state index contributed by atoms with van der Waals surface area (Å²) >= 11 is 0. The third-order valence-corrected chi connectivity index (χ3v) is 13.5. The molecule has 0 unspecified atom stereocenters. The van der Waals surface area contributed by atoms with E-state index < -0.39 is 0 Å². The Morgan fingerprint density at radius 3 is 1.83 bits per heavy atom. The zero-order chi connectivity index (χ0) is 42.1. The zero-order valence-corrected chi connectivity index (χ0v) is 35.5. The first-order valence-electron chi connectivity index (χ1n) is 22.1. The molecule has 0 spiro atoms. The Morgan fingerprint density at radius 1 is 0.444 bits per heavy atom. The zero-order valence-electron chi connectivity index (χ0n) is 35.5. The van der Waals surface area contributed by atoms with Crippen molar-refractivity contribution in [2.45, 2.75) is 32.1 Å². The highest BCUT2D eigenvalue weighted by Crippen LogP contribution is 2.52. The van der Waals surface area contributed by atoms with E-state index in [1.807, 2.05) is 0 Å². The number of anilines is 3. The first-order chi connectivity index (χ1) is 31.0. The summed E-state index contributed by atoms with van der Waals surface area (Å²) in [5.74, 6) is 1.06. The van der Waals surface area contributed by atoms with E-state index in [9.17, 15) is 0 Å². The lowest BCUT2D eigenvalue weighted by molar-refractivity contribution is 0.546. The molecule has 0 saturated carbocycles. The molecule has 0 amide bonds. The van der Waals surface area contributed by atoms with Crippen LogP contribution in [0.3, 0.4) is 0 Å². The second-order valence-corrected chi connectivity index (χ2v) is 17.5. The lowest BCUT2D eigenvalue weighted by atomic mass is 9.82. The predicted octanol–water partition coefficient (Wildman–Crippen LogP) is 16.7. The Labute approximate surface area is 369 Å². The molecule has 300 valence electrons. The van der Waals surface area contributed by atoms with Gasteiger partial charge in [-0.1, -0.05) is 178 Å². The topological polar surface area (TPSA) is 16.4 Å². The van der Waals surface area contributed by atoms with Gasteiger partial charge in [0.05, 0.1) is 5.69 Å². The number of furan rings is 1. The van der Waals surface area contributed by atoms with Gasteiger partial charge in [-0.2, -0.15) is 0 Å². The van der Waals surface area contributed by atoms with E-state index in [1.54, 1.807) is 0 Å². The highest BCUT2D eigenvalue weighted by molar-refractivity contribution is 6.06. The maximum absolute atomic E-state index is 6.69. The van der Waals surface area contributed by atoms with E-state index in [4.69, 9.17) is 4.42 Å². The van der Waals surface area contributed by atoms with Gasteiger partial charge in [0.1, 0.15) is 11.3 Å². The van der Waals surface area contributed by atoms with E-state index >= 15 is 0 Å². The molecule has 0 aliphatic heterocycles. The number of rotatable bonds is 7. The van der Waals surface area contributed by atoms with Crippen LogP contribution in [-0.2, 0) is 11.8 Å². The van der Waals surface area contributed by atoms with Crippen molar-refractivity contribution >= 4 is 44.4 Å². The summed E-state index contributed by atoms with van der Waals surface area (Å²) in [6.07, 6.45) is 4.23. The summed E-state index contributed by atoms with van der Waals surface area (Å²) in [6, 6.07) is 75.6. The molecule has 1 aromatic heterocycles. The number of hydrogen-bond acceptors (Lipinski definition) is 2. The Morgan fingerprint density at radius 2 is 1.05 bits per heavy atom. The van der Waals surface area contributed by atoms with Crippen LogP contribution >= 0.6 is 0 Å². The normalized spacial score (nSPS) is 13.7. The molecule has 9 aromatic carbocycles. The van der Waals surface area contributed by atoms with Gasteiger partial charge >= 0.3 is 0 Å². The van der Waals surface area contributed by atoms with Crippen LogP contribution in [0.4, 0.5) is 17.1 Å². The lowest BCUT2D eigenvalue weighted by Gasteiger charge is -2.30. The smallest absolute Gasteiger partial charge is 0.135 e. The molecule has 2 heteroatoms. The van der Waals surface area contributed by atoms with Gasteiger partial charge in [0.15, 0.2) is 0 Å². The molecule has 63 heavy (non-hydrogen) atoms. The molecule has 1 heterocycles. The number of fused-ring (bicyclic) bond motifs is 7. The second kappa shape index (κ2) is 14.8. The van der Waals surface area contributed by atoms with Crippen LogP contribution in [0.15, 0.2) is 217 Å². The first kappa shape index (κ1) is 37.1. The number of aryl methyl sites for hydroxylation is 1. The molecular formula is C61H45NO. The number of para-hydroxylation sites is 1. The summed E-state index contributed by atoms with van der Waals surface area (Å²) in [5, 5.41) is 3.59. The standard InChI is InChI=1S/C61H45NO/c1-61(2)55-25-13-11-22-49(55)50-35-33-47(39-56(50)61)62(46-31-28-40(29-32-46)45-30-34-48(41-16-5-3-6-17-41)53(36-45)42-18-7-4-8-19-42)57-26-14-12-23-51(57)52-24-15-27-58-60(52)54-37-43-20-9-10-21-44(43)38-59(54)63-58/h3-14,16-26,28-39H,15,27H2,1-2H3. The highest BCUT2D eigenvalue weighted by Gasteiger charge is 2.36. The SMILES string of the molecule is CC1(C)c2ccccc2-c2ccc(N(c3ccc(-c4ccc(-c5ccccc5)c(-c5ccccc5)c4)cc3)c3ccccc3C3=CCCc4oc5cc6ccccc6cc5c43)cc21. The Balaban J connectivity index is 1.01. The molecule has 12 rings (SSSR count). The molecule has 10 aromatic rings. The summed E-state index contributed by atoms with van der Waals surface area (Å²) in [6.45, 7) is 4.73. The van der Waals surface area contributed by atoms with Gasteiger partial charge in [-0.25, -0.2) is 0 Å². The molecule has 2 aliphatic carbocycles. The van der Waals surface area contributed by atoms with Crippen LogP contribution in [-0.4, -0.2) is 0 Å². The van der Waals surface area contributed by atoms with E-state index in [1.165, 1.54) is 88.5 Å². The average Bonchev–Trinajstić information content (AvgIpc) is 3.82. The third-order valence-electron chi connectivity index (χ3n) is 13.5. The van der Waals surface area contributed by atoms with E-state index in [0.717, 1.165) is 41.2 Å². The molecule has 0 atom stereocenters. The van der Waals surface area contributed by atoms with Gasteiger partial charge in [-0.3, -0.25) is 0 Å². The summed E-state index contributed by atoms with van der Waals surface area (Å²) in [5.41, 5.74) is 20.4. The number of benzene rings is 9. The van der Waals surface area contributed by atoms with E-state index in [2.05, 4.69) is 231 Å². The monoisotopic (exact) mass is 807 g/mol. The maximum atomic E-state index is 6.69. The van der Waals surface area contributed by atoms with Crippen LogP contribution in [0.2, 0.25) is 0 Å². The lowest BCUT2D eigenvalue weighted by Crippen LogP contribution is -2.17. The van der Waals surface area contributed by atoms with Crippen molar-refractivity contribution in [3.63, 3.8) is 0 Å². The van der Waals surface area contributed by atoms with Crippen LogP contribution in [0.1, 0.15) is 48.3 Å². The minimum absolute atomic E-state index is 0.140. The molecule has 0 saturated heterocycles. The summed E-state index contributed by atoms with van der Waals surface area (Å²) < 4.78 is 6.69. The van der Waals surface area contributed by atoms with Crippen molar-refractivity contribution in [1.82, 2.24) is 0 Å². The van der Waals surface area contributed by atoms with Crippen LogP contribution in [0.5, 0.6) is 0 Å². The fourth-order valence-corrected chi connectivity index (χ4v) is 10.4. The van der Waals surface area contributed by atoms with Crippen molar-refractivity contribution in [1.29, 1.82) is 0 Å². The van der Waals surface area contributed by atoms with Gasteiger partial charge in [-0.05, 0) is 127 Å². The largest absolute Gasteiger partial charge is 0.460 e. The van der Waals surface area contributed by atoms with Crippen LogP contribution < -0.4 is 4.90 Å². The maximum Gasteiger partial charge on any atom is 0.135 e. The molecule has 0 N–H and O–H groups in total. The second-order valence-electron chi connectivity index (χ2n) is 17.5. The van der Waals surface area contributed by atoms with E-state index in [0.29, 0.717) is 0 Å². The molecule has 0 bridgehead atoms. The molecular weight excluding hydrogens is 763 g/mol. The van der Waals surface area contributed by atoms with Gasteiger partial charge in [0.25, 0.3) is 0 Å². The van der Waals surface area contributed by atoms with Crippen molar-refractivity contribution in [2.24, 2.45) is 0 Å². The van der Waals surface area contributed by atoms with Crippen molar-refractivity contribution in [3.05, 3.63) is 240 Å². The minimum Gasteiger partial charge on any atom is -0.460 e. The Bertz CT molecular complexity index is 3410. The van der Waals surface area contributed by atoms with Gasteiger partial charge < -0.3 is 9.32 Å². The fraction of sp³-hybridized carbons (Fsp3) is 0.0820. The number of hydrogen-bond donors (Lipinski definition) is 0. The predicted molar refractivity (Wildman–Crippen MR) is 264 cm³/mol. The van der Waals surface area contributed by atoms with Crippen molar-refractivity contribution in [3.8, 4) is 44.5 Å². The van der Waals surface area contributed by atoms with Gasteiger partial charge in [-0.15, -0.1) is 0 Å². The highest BCUT2D eigenvalue weighted by atomic mass is 16.3. The Hall–Kier alpha value is -7.68. The van der Waals surface area contributed by atoms with Crippen LogP contribution in [0.25, 0.3) is 71.8 Å². The molecule has 2 nitrogen and oxygen atoms in total. The van der Waals surface area contributed by atoms with Gasteiger partial charge in [0.2, 0.25) is 0 Å². The third kappa shape index (κ3) is 6.16. The number of allylic oxidation sites excluding steroid dienone is 1. The Kier molecular flexibility index (Phi) is 8.69. The van der Waals surface area contributed by atoms with Crippen LogP contribution in [0, 0.1) is 0 Å². The molecule has 0 radical (unpaired) electrons. The molecule has 0 fully saturated rings. The molecule has 2 aliphatic rings.